The summed E-state index contributed by atoms with van der Waals surface area (Å²) < 4.78 is 0. The molecule has 0 saturated heterocycles. The van der Waals surface area contributed by atoms with Crippen LogP contribution in [-0.4, -0.2) is 39.3 Å². The van der Waals surface area contributed by atoms with E-state index in [9.17, 15) is 19.5 Å². The second-order valence-corrected chi connectivity index (χ2v) is 6.85. The number of hydrogen-bond acceptors (Lipinski definition) is 4. The van der Waals surface area contributed by atoms with Gasteiger partial charge in [0.2, 0.25) is 5.91 Å². The van der Waals surface area contributed by atoms with Crippen LogP contribution in [0.25, 0.3) is 16.5 Å². The molecular weight excluding hydrogens is 370 g/mol. The molecule has 146 valence electrons. The van der Waals surface area contributed by atoms with Crippen LogP contribution in [0.5, 0.6) is 0 Å². The number of nitrogens with zero attached hydrogens (tertiary/aromatic N) is 1. The zero-order chi connectivity index (χ0) is 20.5. The molecule has 0 bridgehead atoms. The van der Waals surface area contributed by atoms with E-state index in [2.05, 4.69) is 10.3 Å². The van der Waals surface area contributed by atoms with Crippen molar-refractivity contribution in [3.63, 3.8) is 0 Å². The summed E-state index contributed by atoms with van der Waals surface area (Å²) in [5.41, 5.74) is 2.94. The van der Waals surface area contributed by atoms with Crippen molar-refractivity contribution in [2.24, 2.45) is 0 Å². The Morgan fingerprint density at radius 1 is 1.07 bits per heavy atom. The van der Waals surface area contributed by atoms with E-state index >= 15 is 0 Å². The van der Waals surface area contributed by atoms with E-state index in [1.54, 1.807) is 24.3 Å². The maximum absolute atomic E-state index is 12.8. The van der Waals surface area contributed by atoms with Gasteiger partial charge in [0.05, 0.1) is 5.57 Å². The summed E-state index contributed by atoms with van der Waals surface area (Å²) in [7, 11) is 0. The van der Waals surface area contributed by atoms with E-state index in [4.69, 9.17) is 0 Å². The van der Waals surface area contributed by atoms with Crippen LogP contribution >= 0.6 is 0 Å². The van der Waals surface area contributed by atoms with Gasteiger partial charge in [-0.3, -0.25) is 19.3 Å². The highest BCUT2D eigenvalue weighted by molar-refractivity contribution is 6.34. The summed E-state index contributed by atoms with van der Waals surface area (Å²) in [5.74, 6) is -1.99. The van der Waals surface area contributed by atoms with Crippen molar-refractivity contribution in [3.05, 3.63) is 71.6 Å². The van der Waals surface area contributed by atoms with Crippen molar-refractivity contribution in [3.8, 4) is 0 Å². The molecule has 3 aromatic rings. The molecule has 3 amide bonds. The minimum Gasteiger partial charge on any atom is -0.502 e. The molecule has 0 saturated carbocycles. The Morgan fingerprint density at radius 2 is 1.79 bits per heavy atom. The number of carbonyl (C=O) groups is 3. The molecule has 1 aliphatic heterocycles. The third-order valence-electron chi connectivity index (χ3n) is 4.92. The topological polar surface area (TPSA) is 102 Å². The van der Waals surface area contributed by atoms with Crippen molar-refractivity contribution in [1.82, 2.24) is 9.88 Å². The van der Waals surface area contributed by atoms with Crippen molar-refractivity contribution >= 4 is 39.9 Å². The van der Waals surface area contributed by atoms with Crippen LogP contribution in [-0.2, 0) is 20.8 Å². The number of hydrogen-bond donors (Lipinski definition) is 3. The lowest BCUT2D eigenvalue weighted by Gasteiger charge is -2.14. The molecule has 1 aliphatic rings. The van der Waals surface area contributed by atoms with Crippen LogP contribution in [0.4, 0.5) is 5.69 Å². The Kier molecular flexibility index (Phi) is 4.64. The number of fused-ring (bicyclic) bond motifs is 1. The molecule has 7 nitrogen and oxygen atoms in total. The molecule has 2 aromatic carbocycles. The summed E-state index contributed by atoms with van der Waals surface area (Å²) in [6.45, 7) is 1.56. The average Bonchev–Trinajstić information content (AvgIpc) is 3.20. The van der Waals surface area contributed by atoms with E-state index in [0.29, 0.717) is 17.7 Å². The largest absolute Gasteiger partial charge is 0.502 e. The number of amides is 3. The maximum Gasteiger partial charge on any atom is 0.296 e. The van der Waals surface area contributed by atoms with E-state index in [1.807, 2.05) is 30.5 Å². The molecule has 0 aliphatic carbocycles. The Labute approximate surface area is 166 Å². The van der Waals surface area contributed by atoms with Crippen molar-refractivity contribution in [2.75, 3.05) is 11.9 Å². The Bertz CT molecular complexity index is 1160. The predicted molar refractivity (Wildman–Crippen MR) is 109 cm³/mol. The number of nitrogens with one attached hydrogen (secondary N) is 2. The summed E-state index contributed by atoms with van der Waals surface area (Å²) in [4.78, 5) is 40.7. The molecule has 0 fully saturated rings. The predicted octanol–water partition coefficient (Wildman–Crippen LogP) is 3.01. The third-order valence-corrected chi connectivity index (χ3v) is 4.92. The number of aliphatic hydroxyl groups is 1. The highest BCUT2D eigenvalue weighted by Crippen LogP contribution is 2.29. The van der Waals surface area contributed by atoms with Crippen LogP contribution in [0, 0.1) is 0 Å². The van der Waals surface area contributed by atoms with Crippen molar-refractivity contribution < 1.29 is 19.5 Å². The number of benzene rings is 2. The maximum atomic E-state index is 12.8. The SMILES string of the molecule is CC(=O)Nc1ccc(C2=C(O)C(=O)N(CCc3c[nH]c4ccccc34)C2=O)cc1. The first-order valence-electron chi connectivity index (χ1n) is 9.18. The first-order valence-corrected chi connectivity index (χ1v) is 9.18. The van der Waals surface area contributed by atoms with Gasteiger partial charge in [-0.05, 0) is 35.7 Å². The summed E-state index contributed by atoms with van der Waals surface area (Å²) in [5, 5.41) is 14.0. The first-order chi connectivity index (χ1) is 14.0. The van der Waals surface area contributed by atoms with Crippen LogP contribution in [0.2, 0.25) is 0 Å². The summed E-state index contributed by atoms with van der Waals surface area (Å²) >= 11 is 0. The lowest BCUT2D eigenvalue weighted by atomic mass is 10.0. The second kappa shape index (κ2) is 7.27. The van der Waals surface area contributed by atoms with Crippen LogP contribution < -0.4 is 5.32 Å². The first kappa shape index (κ1) is 18.5. The van der Waals surface area contributed by atoms with E-state index in [1.165, 1.54) is 6.92 Å². The Morgan fingerprint density at radius 3 is 2.52 bits per heavy atom. The van der Waals surface area contributed by atoms with Crippen LogP contribution in [0.1, 0.15) is 18.1 Å². The zero-order valence-electron chi connectivity index (χ0n) is 15.7. The second-order valence-electron chi connectivity index (χ2n) is 6.85. The minimum absolute atomic E-state index is 0.0247. The fraction of sp³-hybridized carbons (Fsp3) is 0.136. The monoisotopic (exact) mass is 389 g/mol. The Hall–Kier alpha value is -3.87. The fourth-order valence-corrected chi connectivity index (χ4v) is 3.52. The lowest BCUT2D eigenvalue weighted by molar-refractivity contribution is -0.138. The van der Waals surface area contributed by atoms with Gasteiger partial charge in [-0.2, -0.15) is 0 Å². The molecule has 1 aromatic heterocycles. The number of aromatic nitrogens is 1. The smallest absolute Gasteiger partial charge is 0.296 e. The molecule has 29 heavy (non-hydrogen) atoms. The van der Waals surface area contributed by atoms with E-state index in [-0.39, 0.29) is 18.0 Å². The minimum atomic E-state index is -0.698. The van der Waals surface area contributed by atoms with Crippen LogP contribution in [0.15, 0.2) is 60.5 Å². The summed E-state index contributed by atoms with van der Waals surface area (Å²) in [6.07, 6.45) is 2.34. The van der Waals surface area contributed by atoms with Crippen molar-refractivity contribution in [1.29, 1.82) is 0 Å². The quantitative estimate of drug-likeness (QED) is 0.584. The molecule has 0 radical (unpaired) electrons. The van der Waals surface area contributed by atoms with E-state index < -0.39 is 17.6 Å². The molecule has 0 spiro atoms. The standard InChI is InChI=1S/C22H19N3O4/c1-13(26)24-16-8-6-14(7-9-16)19-20(27)22(29)25(21(19)28)11-10-15-12-23-18-5-3-2-4-17(15)18/h2-9,12,23,27H,10-11H2,1H3,(H,24,26). The number of H-pyrrole nitrogens is 1. The molecule has 4 rings (SSSR count). The molecule has 2 heterocycles. The molecule has 3 N–H and O–H groups in total. The average molecular weight is 389 g/mol. The van der Waals surface area contributed by atoms with Gasteiger partial charge in [0.15, 0.2) is 5.76 Å². The summed E-state index contributed by atoms with van der Waals surface area (Å²) in [6, 6.07) is 14.2. The van der Waals surface area contributed by atoms with Gasteiger partial charge in [0, 0.05) is 36.3 Å². The number of anilines is 1. The zero-order valence-corrected chi connectivity index (χ0v) is 15.7. The highest BCUT2D eigenvalue weighted by atomic mass is 16.3. The number of imide groups is 1. The number of para-hydroxylation sites is 1. The molecular formula is C22H19N3O4. The third kappa shape index (κ3) is 3.38. The normalized spacial score (nSPS) is 14.2. The number of aliphatic hydroxyl groups excluding tert-OH is 1. The van der Waals surface area contributed by atoms with Crippen LogP contribution in [0.3, 0.4) is 0 Å². The molecule has 0 unspecified atom stereocenters. The van der Waals surface area contributed by atoms with Gasteiger partial charge in [-0.15, -0.1) is 0 Å². The van der Waals surface area contributed by atoms with E-state index in [0.717, 1.165) is 21.4 Å². The fourth-order valence-electron chi connectivity index (χ4n) is 3.52. The van der Waals surface area contributed by atoms with Gasteiger partial charge in [0.25, 0.3) is 11.8 Å². The molecule has 7 heteroatoms. The van der Waals surface area contributed by atoms with Gasteiger partial charge < -0.3 is 15.4 Å². The van der Waals surface area contributed by atoms with Gasteiger partial charge >= 0.3 is 0 Å². The number of aromatic amines is 1. The Balaban J connectivity index is 1.52. The van der Waals surface area contributed by atoms with Gasteiger partial charge in [-0.1, -0.05) is 30.3 Å². The highest BCUT2D eigenvalue weighted by Gasteiger charge is 2.38. The number of carbonyl (C=O) groups excluding carboxylic acids is 3. The number of rotatable bonds is 5. The van der Waals surface area contributed by atoms with Gasteiger partial charge in [0.1, 0.15) is 0 Å². The van der Waals surface area contributed by atoms with Crippen molar-refractivity contribution in [2.45, 2.75) is 13.3 Å². The molecule has 0 atom stereocenters. The van der Waals surface area contributed by atoms with Gasteiger partial charge in [-0.25, -0.2) is 0 Å². The lowest BCUT2D eigenvalue weighted by Crippen LogP contribution is -2.33.